The van der Waals surface area contributed by atoms with Crippen molar-refractivity contribution in [2.24, 2.45) is 0 Å². The standard InChI is InChI=1S/C26H32N2O8/c1-31-17-28-21(24(29)33-3)13-20-19(11-12-22(32-2)23(20)28)14-26(34-4,35-5)16-27-25(30)36-15-18-9-7-6-8-10-18/h6-13H,14-17H2,1-5H3,(H,27,30). The van der Waals surface area contributed by atoms with Crippen LogP contribution >= 0.6 is 0 Å². The lowest BCUT2D eigenvalue weighted by atomic mass is 10.00. The van der Waals surface area contributed by atoms with Crippen LogP contribution < -0.4 is 10.1 Å². The summed E-state index contributed by atoms with van der Waals surface area (Å²) in [5.41, 5.74) is 2.64. The Kier molecular flexibility index (Phi) is 9.29. The Morgan fingerprint density at radius 3 is 2.31 bits per heavy atom. The molecule has 0 fully saturated rings. The van der Waals surface area contributed by atoms with Gasteiger partial charge < -0.3 is 38.3 Å². The number of nitrogens with zero attached hydrogens (tertiary/aromatic N) is 1. The van der Waals surface area contributed by atoms with E-state index in [9.17, 15) is 9.59 Å². The maximum absolute atomic E-state index is 12.5. The molecule has 0 saturated heterocycles. The van der Waals surface area contributed by atoms with Gasteiger partial charge in [-0.3, -0.25) is 0 Å². The summed E-state index contributed by atoms with van der Waals surface area (Å²) in [6.07, 6.45) is -0.353. The number of amides is 1. The molecule has 0 aliphatic rings. The van der Waals surface area contributed by atoms with E-state index in [4.69, 9.17) is 28.4 Å². The average Bonchev–Trinajstić information content (AvgIpc) is 3.30. The van der Waals surface area contributed by atoms with Gasteiger partial charge in [-0.05, 0) is 23.3 Å². The first-order valence-corrected chi connectivity index (χ1v) is 11.2. The molecule has 0 saturated carbocycles. The number of benzene rings is 2. The fourth-order valence-corrected chi connectivity index (χ4v) is 3.97. The Labute approximate surface area is 210 Å². The Bertz CT molecular complexity index is 1170. The number of alkyl carbamates (subject to hydrolysis) is 1. The number of esters is 1. The lowest BCUT2D eigenvalue weighted by Gasteiger charge is -2.31. The topological polar surface area (TPSA) is 106 Å². The largest absolute Gasteiger partial charge is 0.495 e. The molecule has 0 atom stereocenters. The summed E-state index contributed by atoms with van der Waals surface area (Å²) in [6.45, 7) is 0.272. The minimum absolute atomic E-state index is 0.0176. The van der Waals surface area contributed by atoms with Gasteiger partial charge in [0.05, 0.1) is 26.3 Å². The molecule has 194 valence electrons. The van der Waals surface area contributed by atoms with Crippen molar-refractivity contribution in [1.82, 2.24) is 9.88 Å². The van der Waals surface area contributed by atoms with Crippen LogP contribution in [0.4, 0.5) is 4.79 Å². The van der Waals surface area contributed by atoms with Crippen LogP contribution in [0.15, 0.2) is 48.5 Å². The number of aromatic nitrogens is 1. The molecule has 3 rings (SSSR count). The molecule has 1 amide bonds. The molecule has 10 heteroatoms. The highest BCUT2D eigenvalue weighted by molar-refractivity contribution is 5.99. The molecule has 2 aromatic carbocycles. The lowest BCUT2D eigenvalue weighted by molar-refractivity contribution is -0.200. The maximum Gasteiger partial charge on any atom is 0.407 e. The van der Waals surface area contributed by atoms with Gasteiger partial charge in [0, 0.05) is 33.1 Å². The van der Waals surface area contributed by atoms with Crippen molar-refractivity contribution >= 4 is 23.0 Å². The number of fused-ring (bicyclic) bond motifs is 1. The van der Waals surface area contributed by atoms with Gasteiger partial charge in [-0.1, -0.05) is 36.4 Å². The van der Waals surface area contributed by atoms with Gasteiger partial charge in [0.25, 0.3) is 0 Å². The second-order valence-electron chi connectivity index (χ2n) is 7.97. The predicted octanol–water partition coefficient (Wildman–Crippen LogP) is 3.50. The Hall–Kier alpha value is -3.60. The van der Waals surface area contributed by atoms with Crippen molar-refractivity contribution in [2.45, 2.75) is 25.5 Å². The first-order valence-electron chi connectivity index (χ1n) is 11.2. The van der Waals surface area contributed by atoms with Crippen molar-refractivity contribution in [1.29, 1.82) is 0 Å². The van der Waals surface area contributed by atoms with E-state index in [2.05, 4.69) is 5.32 Å². The average molecular weight is 501 g/mol. The maximum atomic E-state index is 12.5. The van der Waals surface area contributed by atoms with Crippen LogP contribution in [0, 0.1) is 0 Å². The molecule has 36 heavy (non-hydrogen) atoms. The van der Waals surface area contributed by atoms with Crippen LogP contribution in [-0.4, -0.2) is 64.5 Å². The zero-order chi connectivity index (χ0) is 26.1. The van der Waals surface area contributed by atoms with Gasteiger partial charge in [0.2, 0.25) is 0 Å². The van der Waals surface area contributed by atoms with E-state index in [0.717, 1.165) is 16.5 Å². The summed E-state index contributed by atoms with van der Waals surface area (Å²) in [7, 11) is 7.40. The van der Waals surface area contributed by atoms with Crippen molar-refractivity contribution in [2.75, 3.05) is 42.1 Å². The van der Waals surface area contributed by atoms with E-state index < -0.39 is 17.8 Å². The molecule has 1 heterocycles. The highest BCUT2D eigenvalue weighted by Gasteiger charge is 2.33. The molecule has 0 bridgehead atoms. The fraction of sp³-hybridized carbons (Fsp3) is 0.385. The number of nitrogens with one attached hydrogen (secondary N) is 1. The van der Waals surface area contributed by atoms with Crippen LogP contribution in [0.5, 0.6) is 5.75 Å². The number of hydrogen-bond acceptors (Lipinski definition) is 8. The molecule has 1 N–H and O–H groups in total. The second-order valence-corrected chi connectivity index (χ2v) is 7.97. The zero-order valence-corrected chi connectivity index (χ0v) is 21.2. The zero-order valence-electron chi connectivity index (χ0n) is 21.2. The molecule has 1 aromatic heterocycles. The molecule has 0 radical (unpaired) electrons. The molecule has 3 aromatic rings. The predicted molar refractivity (Wildman–Crippen MR) is 132 cm³/mol. The van der Waals surface area contributed by atoms with Gasteiger partial charge >= 0.3 is 12.1 Å². The summed E-state index contributed by atoms with van der Waals surface area (Å²) in [6, 6.07) is 14.8. The van der Waals surface area contributed by atoms with Crippen molar-refractivity contribution in [3.63, 3.8) is 0 Å². The minimum Gasteiger partial charge on any atom is -0.495 e. The number of ether oxygens (including phenoxy) is 6. The molecule has 0 aliphatic heterocycles. The van der Waals surface area contributed by atoms with Crippen LogP contribution in [0.2, 0.25) is 0 Å². The van der Waals surface area contributed by atoms with Crippen LogP contribution in [-0.2, 0) is 43.4 Å². The minimum atomic E-state index is -1.21. The first-order chi connectivity index (χ1) is 17.4. The molecule has 0 aliphatic carbocycles. The normalized spacial score (nSPS) is 11.4. The van der Waals surface area contributed by atoms with E-state index in [1.807, 2.05) is 36.4 Å². The van der Waals surface area contributed by atoms with Gasteiger partial charge in [-0.2, -0.15) is 0 Å². The summed E-state index contributed by atoms with van der Waals surface area (Å²) in [4.78, 5) is 24.8. The number of rotatable bonds is 12. The van der Waals surface area contributed by atoms with Crippen molar-refractivity contribution in [3.8, 4) is 5.75 Å². The highest BCUT2D eigenvalue weighted by Crippen LogP contribution is 2.34. The number of carbonyl (C=O) groups is 2. The fourth-order valence-electron chi connectivity index (χ4n) is 3.97. The number of methoxy groups -OCH3 is 5. The van der Waals surface area contributed by atoms with Crippen molar-refractivity contribution < 1.29 is 38.0 Å². The molecular weight excluding hydrogens is 468 g/mol. The third kappa shape index (κ3) is 5.96. The SMILES string of the molecule is COCn1c(C(=O)OC)cc2c(CC(CNC(=O)OCc3ccccc3)(OC)OC)ccc(OC)c21. The summed E-state index contributed by atoms with van der Waals surface area (Å²) in [5, 5.41) is 3.45. The highest BCUT2D eigenvalue weighted by atomic mass is 16.7. The summed E-state index contributed by atoms with van der Waals surface area (Å²) >= 11 is 0. The van der Waals surface area contributed by atoms with Gasteiger partial charge in [0.1, 0.15) is 24.8 Å². The smallest absolute Gasteiger partial charge is 0.407 e. The molecule has 0 unspecified atom stereocenters. The number of carbonyl (C=O) groups excluding carboxylic acids is 2. The Balaban J connectivity index is 1.87. The van der Waals surface area contributed by atoms with E-state index in [1.165, 1.54) is 28.4 Å². The third-order valence-electron chi connectivity index (χ3n) is 5.90. The monoisotopic (exact) mass is 500 g/mol. The summed E-state index contributed by atoms with van der Waals surface area (Å²) in [5.74, 6) is -1.16. The Morgan fingerprint density at radius 1 is 0.972 bits per heavy atom. The molecule has 10 nitrogen and oxygen atoms in total. The van der Waals surface area contributed by atoms with Crippen LogP contribution in [0.25, 0.3) is 10.9 Å². The molecular formula is C26H32N2O8. The van der Waals surface area contributed by atoms with E-state index in [1.54, 1.807) is 23.8 Å². The van der Waals surface area contributed by atoms with Crippen molar-refractivity contribution in [3.05, 3.63) is 65.4 Å². The quantitative estimate of drug-likeness (QED) is 0.298. The van der Waals surface area contributed by atoms with Crippen LogP contribution in [0.1, 0.15) is 21.6 Å². The van der Waals surface area contributed by atoms with E-state index >= 15 is 0 Å². The molecule has 0 spiro atoms. The van der Waals surface area contributed by atoms with Crippen LogP contribution in [0.3, 0.4) is 0 Å². The van der Waals surface area contributed by atoms with E-state index in [-0.39, 0.29) is 26.3 Å². The van der Waals surface area contributed by atoms with Gasteiger partial charge in [-0.25, -0.2) is 9.59 Å². The second kappa shape index (κ2) is 12.4. The third-order valence-corrected chi connectivity index (χ3v) is 5.90. The van der Waals surface area contributed by atoms with E-state index in [0.29, 0.717) is 17.0 Å². The van der Waals surface area contributed by atoms with Gasteiger partial charge in [-0.15, -0.1) is 0 Å². The first kappa shape index (κ1) is 27.0. The summed E-state index contributed by atoms with van der Waals surface area (Å²) < 4.78 is 34.3. The van der Waals surface area contributed by atoms with Gasteiger partial charge in [0.15, 0.2) is 5.79 Å². The number of hydrogen-bond donors (Lipinski definition) is 1. The Morgan fingerprint density at radius 2 is 1.69 bits per heavy atom. The lowest BCUT2D eigenvalue weighted by Crippen LogP contribution is -2.47.